The summed E-state index contributed by atoms with van der Waals surface area (Å²) in [7, 11) is 1.58. The maximum absolute atomic E-state index is 12.7. The molecule has 0 atom stereocenters. The van der Waals surface area contributed by atoms with Gasteiger partial charge in [0, 0.05) is 18.1 Å². The van der Waals surface area contributed by atoms with Gasteiger partial charge in [0.1, 0.15) is 39.9 Å². The van der Waals surface area contributed by atoms with Crippen LogP contribution in [-0.2, 0) is 9.53 Å². The van der Waals surface area contributed by atoms with E-state index in [-0.39, 0.29) is 23.1 Å². The highest BCUT2D eigenvalue weighted by Crippen LogP contribution is 2.30. The lowest BCUT2D eigenvalue weighted by Gasteiger charge is -2.27. The molecule has 0 aliphatic rings. The highest BCUT2D eigenvalue weighted by atomic mass is 16.6. The summed E-state index contributed by atoms with van der Waals surface area (Å²) in [5.41, 5.74) is 0.122. The number of carbonyl (C=O) groups is 3. The molecule has 288 valence electrons. The minimum Gasteiger partial charge on any atom is -0.507 e. The van der Waals surface area contributed by atoms with Crippen LogP contribution in [0, 0.1) is 0 Å². The number of esters is 2. The number of aromatic hydroxyl groups is 1. The highest BCUT2D eigenvalue weighted by Gasteiger charge is 2.24. The van der Waals surface area contributed by atoms with Crippen LogP contribution in [0.15, 0.2) is 97.1 Å². The number of unbranched alkanes of at least 4 members (excludes halogenated alkanes) is 5. The van der Waals surface area contributed by atoms with Crippen molar-refractivity contribution in [3.8, 4) is 28.7 Å². The third-order valence-corrected chi connectivity index (χ3v) is 9.00. The molecule has 4 rings (SSSR count). The Balaban J connectivity index is 1.03. The van der Waals surface area contributed by atoms with E-state index in [0.29, 0.717) is 60.0 Å². The number of phenolic OH excluding ortho intramolecular Hbond substituents is 1. The monoisotopic (exact) mass is 738 g/mol. The van der Waals surface area contributed by atoms with Crippen molar-refractivity contribution >= 4 is 17.7 Å². The van der Waals surface area contributed by atoms with E-state index in [4.69, 9.17) is 23.7 Å². The van der Waals surface area contributed by atoms with Crippen LogP contribution < -0.4 is 18.9 Å². The number of hydrogen-bond acceptors (Lipinski definition) is 9. The molecule has 9 heteroatoms. The standard InChI is InChI=1S/C45H54O9/c1-44(2,53-38-27-28-39(40(46)32-38)42(48)33-16-10-9-11-17-33)30-14-12-18-41(47)54-45(3,4)29-13-7-6-8-15-31-51-36-21-19-34(20-22-36)43(49)52-37-25-23-35(50-5)24-26-37/h9-11,16-17,19-28,32,46H,6-8,12-15,18,29-31H2,1-5H3. The van der Waals surface area contributed by atoms with Crippen molar-refractivity contribution < 1.29 is 43.2 Å². The molecule has 0 amide bonds. The molecule has 0 saturated heterocycles. The zero-order valence-electron chi connectivity index (χ0n) is 32.2. The topological polar surface area (TPSA) is 118 Å². The molecular weight excluding hydrogens is 684 g/mol. The van der Waals surface area contributed by atoms with Gasteiger partial charge in [-0.25, -0.2) is 4.79 Å². The van der Waals surface area contributed by atoms with Gasteiger partial charge in [0.15, 0.2) is 5.78 Å². The molecule has 0 saturated carbocycles. The van der Waals surface area contributed by atoms with Gasteiger partial charge in [-0.3, -0.25) is 9.59 Å². The van der Waals surface area contributed by atoms with E-state index in [1.54, 1.807) is 92.0 Å². The van der Waals surface area contributed by atoms with Gasteiger partial charge in [0.2, 0.25) is 0 Å². The second kappa shape index (κ2) is 20.2. The van der Waals surface area contributed by atoms with Crippen LogP contribution in [-0.4, -0.2) is 47.7 Å². The number of rotatable bonds is 22. The molecule has 0 spiro atoms. The first-order valence-corrected chi connectivity index (χ1v) is 18.8. The second-order valence-corrected chi connectivity index (χ2v) is 14.6. The van der Waals surface area contributed by atoms with Crippen molar-refractivity contribution in [2.45, 2.75) is 103 Å². The van der Waals surface area contributed by atoms with Crippen molar-refractivity contribution in [3.05, 3.63) is 114 Å². The van der Waals surface area contributed by atoms with Gasteiger partial charge in [-0.2, -0.15) is 0 Å². The van der Waals surface area contributed by atoms with Gasteiger partial charge in [-0.15, -0.1) is 0 Å². The summed E-state index contributed by atoms with van der Waals surface area (Å²) in [6.07, 6.45) is 8.33. The number of ether oxygens (including phenoxy) is 5. The maximum Gasteiger partial charge on any atom is 0.343 e. The Morgan fingerprint density at radius 2 is 1.20 bits per heavy atom. The molecule has 9 nitrogen and oxygen atoms in total. The van der Waals surface area contributed by atoms with E-state index in [0.717, 1.165) is 44.9 Å². The fourth-order valence-corrected chi connectivity index (χ4v) is 5.98. The summed E-state index contributed by atoms with van der Waals surface area (Å²) >= 11 is 0. The first-order chi connectivity index (χ1) is 25.8. The van der Waals surface area contributed by atoms with Crippen molar-refractivity contribution in [1.29, 1.82) is 0 Å². The molecule has 54 heavy (non-hydrogen) atoms. The van der Waals surface area contributed by atoms with Gasteiger partial charge >= 0.3 is 11.9 Å². The Morgan fingerprint density at radius 3 is 1.89 bits per heavy atom. The summed E-state index contributed by atoms with van der Waals surface area (Å²) in [4.78, 5) is 37.8. The van der Waals surface area contributed by atoms with E-state index in [1.807, 2.05) is 33.8 Å². The number of methoxy groups -OCH3 is 1. The van der Waals surface area contributed by atoms with Crippen LogP contribution in [0.1, 0.15) is 118 Å². The largest absolute Gasteiger partial charge is 0.507 e. The van der Waals surface area contributed by atoms with E-state index in [2.05, 4.69) is 0 Å². The summed E-state index contributed by atoms with van der Waals surface area (Å²) in [6, 6.07) is 27.4. The average molecular weight is 739 g/mol. The van der Waals surface area contributed by atoms with Gasteiger partial charge in [-0.05, 0) is 127 Å². The van der Waals surface area contributed by atoms with Crippen molar-refractivity contribution in [2.75, 3.05) is 13.7 Å². The van der Waals surface area contributed by atoms with E-state index in [9.17, 15) is 19.5 Å². The molecule has 0 unspecified atom stereocenters. The molecular formula is C45H54O9. The lowest BCUT2D eigenvalue weighted by Crippen LogP contribution is -2.29. The van der Waals surface area contributed by atoms with Crippen LogP contribution in [0.5, 0.6) is 28.7 Å². The first kappa shape index (κ1) is 41.4. The molecule has 0 fully saturated rings. The third-order valence-electron chi connectivity index (χ3n) is 9.00. The fourth-order valence-electron chi connectivity index (χ4n) is 5.98. The Bertz CT molecular complexity index is 1780. The van der Waals surface area contributed by atoms with Crippen LogP contribution in [0.3, 0.4) is 0 Å². The Kier molecular flexibility index (Phi) is 15.5. The van der Waals surface area contributed by atoms with Crippen molar-refractivity contribution in [1.82, 2.24) is 0 Å². The van der Waals surface area contributed by atoms with Gasteiger partial charge in [0.25, 0.3) is 0 Å². The number of hydrogen-bond donors (Lipinski definition) is 1. The van der Waals surface area contributed by atoms with E-state index >= 15 is 0 Å². The molecule has 0 aliphatic heterocycles. The Hall–Kier alpha value is -5.31. The predicted molar refractivity (Wildman–Crippen MR) is 209 cm³/mol. The minimum absolute atomic E-state index is 0.124. The SMILES string of the molecule is COc1ccc(OC(=O)c2ccc(OCCCCCCCC(C)(C)OC(=O)CCCCC(C)(C)Oc3ccc(C(=O)c4ccccc4)c(O)c3)cc2)cc1. The molecule has 0 radical (unpaired) electrons. The zero-order chi connectivity index (χ0) is 39.0. The molecule has 0 aromatic heterocycles. The lowest BCUT2D eigenvalue weighted by atomic mass is 9.98. The lowest BCUT2D eigenvalue weighted by molar-refractivity contribution is -0.157. The summed E-state index contributed by atoms with van der Waals surface area (Å²) < 4.78 is 28.3. The van der Waals surface area contributed by atoms with Gasteiger partial charge < -0.3 is 28.8 Å². The molecule has 0 bridgehead atoms. The Labute approximate surface area is 319 Å². The van der Waals surface area contributed by atoms with Crippen LogP contribution >= 0.6 is 0 Å². The van der Waals surface area contributed by atoms with Crippen molar-refractivity contribution in [2.24, 2.45) is 0 Å². The number of carbonyl (C=O) groups excluding carboxylic acids is 3. The quantitative estimate of drug-likeness (QED) is 0.0364. The number of phenols is 1. The molecule has 4 aromatic rings. The summed E-state index contributed by atoms with van der Waals surface area (Å²) in [5.74, 6) is 1.32. The van der Waals surface area contributed by atoms with Gasteiger partial charge in [0.05, 0.1) is 24.8 Å². The fraction of sp³-hybridized carbons (Fsp3) is 0.400. The maximum atomic E-state index is 12.7. The van der Waals surface area contributed by atoms with Crippen LogP contribution in [0.25, 0.3) is 0 Å². The molecule has 0 aliphatic carbocycles. The van der Waals surface area contributed by atoms with E-state index in [1.165, 1.54) is 6.07 Å². The zero-order valence-corrected chi connectivity index (χ0v) is 32.2. The third kappa shape index (κ3) is 13.9. The van der Waals surface area contributed by atoms with Crippen LogP contribution in [0.2, 0.25) is 0 Å². The molecule has 4 aromatic carbocycles. The van der Waals surface area contributed by atoms with Crippen molar-refractivity contribution in [3.63, 3.8) is 0 Å². The smallest absolute Gasteiger partial charge is 0.343 e. The number of ketones is 1. The normalized spacial score (nSPS) is 11.4. The van der Waals surface area contributed by atoms with Crippen LogP contribution in [0.4, 0.5) is 0 Å². The minimum atomic E-state index is -0.533. The first-order valence-electron chi connectivity index (χ1n) is 18.8. The second-order valence-electron chi connectivity index (χ2n) is 14.6. The van der Waals surface area contributed by atoms with E-state index < -0.39 is 17.2 Å². The Morgan fingerprint density at radius 1 is 0.611 bits per heavy atom. The number of benzene rings is 4. The predicted octanol–water partition coefficient (Wildman–Crippen LogP) is 10.3. The molecule has 0 heterocycles. The average Bonchev–Trinajstić information content (AvgIpc) is 3.15. The van der Waals surface area contributed by atoms with Gasteiger partial charge in [-0.1, -0.05) is 49.6 Å². The summed E-state index contributed by atoms with van der Waals surface area (Å²) in [5, 5.41) is 10.5. The summed E-state index contributed by atoms with van der Waals surface area (Å²) in [6.45, 7) is 8.46. The molecule has 1 N–H and O–H groups in total. The highest BCUT2D eigenvalue weighted by molar-refractivity contribution is 6.10.